The fourth-order valence-electron chi connectivity index (χ4n) is 2.36. The Bertz CT molecular complexity index is 311. The largest absolute Gasteiger partial charge is 0.481 e. The zero-order chi connectivity index (χ0) is 14.3. The van der Waals surface area contributed by atoms with Gasteiger partial charge in [-0.2, -0.15) is 0 Å². The first-order chi connectivity index (χ1) is 9.02. The molecule has 1 aliphatic rings. The lowest BCUT2D eigenvalue weighted by Crippen LogP contribution is -2.52. The van der Waals surface area contributed by atoms with E-state index in [1.807, 2.05) is 4.90 Å². The maximum Gasteiger partial charge on any atom is 0.307 e. The van der Waals surface area contributed by atoms with Gasteiger partial charge >= 0.3 is 5.97 Å². The molecule has 1 aliphatic heterocycles. The number of aliphatic hydroxyl groups is 1. The Hall–Kier alpha value is -1.18. The highest BCUT2D eigenvalue weighted by Gasteiger charge is 2.30. The van der Waals surface area contributed by atoms with Crippen LogP contribution in [0.4, 0.5) is 0 Å². The van der Waals surface area contributed by atoms with Crippen LogP contribution in [0, 0.1) is 5.92 Å². The molecule has 1 heterocycles. The molecule has 1 saturated heterocycles. The highest BCUT2D eigenvalue weighted by atomic mass is 16.4. The lowest BCUT2D eigenvalue weighted by atomic mass is 9.94. The van der Waals surface area contributed by atoms with E-state index in [0.717, 1.165) is 6.54 Å². The Morgan fingerprint density at radius 2 is 2.05 bits per heavy atom. The lowest BCUT2D eigenvalue weighted by molar-refractivity contribution is -0.144. The molecule has 2 atom stereocenters. The third kappa shape index (κ3) is 6.00. The molecule has 1 amide bonds. The van der Waals surface area contributed by atoms with Crippen molar-refractivity contribution in [2.45, 2.75) is 19.4 Å². The van der Waals surface area contributed by atoms with Crippen molar-refractivity contribution >= 4 is 11.9 Å². The number of carbonyl (C=O) groups is 2. The number of aliphatic hydroxyl groups excluding tert-OH is 1. The zero-order valence-corrected chi connectivity index (χ0v) is 11.3. The third-order valence-corrected chi connectivity index (χ3v) is 3.22. The molecule has 0 saturated carbocycles. The molecular weight excluding hydrogens is 250 g/mol. The molecule has 0 spiro atoms. The summed E-state index contributed by atoms with van der Waals surface area (Å²) in [6.45, 7) is 4.38. The Kier molecular flexibility index (Phi) is 6.75. The Morgan fingerprint density at radius 1 is 1.32 bits per heavy atom. The van der Waals surface area contributed by atoms with Gasteiger partial charge in [-0.3, -0.25) is 14.5 Å². The highest BCUT2D eigenvalue weighted by molar-refractivity contribution is 5.72. The third-order valence-electron chi connectivity index (χ3n) is 3.22. The predicted octanol–water partition coefficient (Wildman–Crippen LogP) is -1.52. The van der Waals surface area contributed by atoms with Crippen molar-refractivity contribution in [1.29, 1.82) is 0 Å². The van der Waals surface area contributed by atoms with Gasteiger partial charge in [-0.1, -0.05) is 0 Å². The number of likely N-dealkylation sites (tertiary alicyclic amines) is 1. The highest BCUT2D eigenvalue weighted by Crippen LogP contribution is 2.16. The SMILES string of the molecule is CC(=O)NCCN1CC(NCCO)CC(C(=O)O)C1. The van der Waals surface area contributed by atoms with E-state index in [-0.39, 0.29) is 18.6 Å². The number of amides is 1. The van der Waals surface area contributed by atoms with Gasteiger partial charge in [0.15, 0.2) is 0 Å². The quantitative estimate of drug-likeness (QED) is 0.449. The van der Waals surface area contributed by atoms with Crippen LogP contribution < -0.4 is 10.6 Å². The van der Waals surface area contributed by atoms with Crippen LogP contribution in [-0.4, -0.2) is 72.4 Å². The topological polar surface area (TPSA) is 102 Å². The molecule has 7 heteroatoms. The van der Waals surface area contributed by atoms with E-state index in [0.29, 0.717) is 32.6 Å². The second-order valence-corrected chi connectivity index (χ2v) is 4.89. The molecule has 0 bridgehead atoms. The van der Waals surface area contributed by atoms with Gasteiger partial charge in [-0.05, 0) is 6.42 Å². The average molecular weight is 273 g/mol. The Labute approximate surface area is 113 Å². The van der Waals surface area contributed by atoms with E-state index in [1.54, 1.807) is 0 Å². The smallest absolute Gasteiger partial charge is 0.307 e. The number of carbonyl (C=O) groups excluding carboxylic acids is 1. The molecule has 0 aromatic carbocycles. The normalized spacial score (nSPS) is 24.1. The summed E-state index contributed by atoms with van der Waals surface area (Å²) in [6, 6.07) is 0.0688. The first-order valence-electron chi connectivity index (χ1n) is 6.56. The number of carboxylic acids is 1. The van der Waals surface area contributed by atoms with Crippen molar-refractivity contribution in [3.8, 4) is 0 Å². The molecule has 2 unspecified atom stereocenters. The number of piperidine rings is 1. The molecule has 110 valence electrons. The maximum atomic E-state index is 11.1. The molecular formula is C12H23N3O4. The standard InChI is InChI=1S/C12H23N3O4/c1-9(17)13-2-4-15-7-10(12(18)19)6-11(8-15)14-3-5-16/h10-11,14,16H,2-8H2,1H3,(H,13,17)(H,18,19). The summed E-state index contributed by atoms with van der Waals surface area (Å²) in [6.07, 6.45) is 0.575. The summed E-state index contributed by atoms with van der Waals surface area (Å²) in [4.78, 5) is 24.0. The Morgan fingerprint density at radius 3 is 2.63 bits per heavy atom. The molecule has 0 aromatic heterocycles. The number of nitrogens with zero attached hydrogens (tertiary/aromatic N) is 1. The van der Waals surface area contributed by atoms with Gasteiger partial charge in [0, 0.05) is 45.7 Å². The summed E-state index contributed by atoms with van der Waals surface area (Å²) in [7, 11) is 0. The monoisotopic (exact) mass is 273 g/mol. The van der Waals surface area contributed by atoms with Crippen LogP contribution >= 0.6 is 0 Å². The van der Waals surface area contributed by atoms with E-state index in [4.69, 9.17) is 10.2 Å². The molecule has 1 rings (SSSR count). The van der Waals surface area contributed by atoms with E-state index in [1.165, 1.54) is 6.92 Å². The first kappa shape index (κ1) is 15.9. The molecule has 0 aliphatic carbocycles. The van der Waals surface area contributed by atoms with E-state index >= 15 is 0 Å². The van der Waals surface area contributed by atoms with Crippen LogP contribution in [0.2, 0.25) is 0 Å². The number of hydrogen-bond donors (Lipinski definition) is 4. The lowest BCUT2D eigenvalue weighted by Gasteiger charge is -2.36. The van der Waals surface area contributed by atoms with Gasteiger partial charge in [0.1, 0.15) is 0 Å². The first-order valence-corrected chi connectivity index (χ1v) is 6.56. The fourth-order valence-corrected chi connectivity index (χ4v) is 2.36. The molecule has 1 fully saturated rings. The fraction of sp³-hybridized carbons (Fsp3) is 0.833. The van der Waals surface area contributed by atoms with Crippen LogP contribution in [0.5, 0.6) is 0 Å². The van der Waals surface area contributed by atoms with E-state index in [2.05, 4.69) is 10.6 Å². The molecule has 4 N–H and O–H groups in total. The van der Waals surface area contributed by atoms with Crippen molar-refractivity contribution in [1.82, 2.24) is 15.5 Å². The number of rotatable bonds is 7. The van der Waals surface area contributed by atoms with Gasteiger partial charge in [-0.15, -0.1) is 0 Å². The minimum absolute atomic E-state index is 0.0418. The minimum atomic E-state index is -0.792. The van der Waals surface area contributed by atoms with Crippen LogP contribution in [0.25, 0.3) is 0 Å². The van der Waals surface area contributed by atoms with Crippen molar-refractivity contribution in [2.24, 2.45) is 5.92 Å². The second-order valence-electron chi connectivity index (χ2n) is 4.89. The number of carboxylic acid groups (broad SMARTS) is 1. The van der Waals surface area contributed by atoms with Gasteiger partial charge in [0.05, 0.1) is 12.5 Å². The van der Waals surface area contributed by atoms with Gasteiger partial charge in [0.25, 0.3) is 0 Å². The van der Waals surface area contributed by atoms with Crippen molar-refractivity contribution < 1.29 is 19.8 Å². The number of nitrogens with one attached hydrogen (secondary N) is 2. The summed E-state index contributed by atoms with van der Waals surface area (Å²) in [5, 5.41) is 23.8. The Balaban J connectivity index is 2.45. The van der Waals surface area contributed by atoms with Crippen LogP contribution in [0.3, 0.4) is 0 Å². The van der Waals surface area contributed by atoms with Crippen LogP contribution in [-0.2, 0) is 9.59 Å². The van der Waals surface area contributed by atoms with Crippen LogP contribution in [0.1, 0.15) is 13.3 Å². The van der Waals surface area contributed by atoms with E-state index < -0.39 is 11.9 Å². The maximum absolute atomic E-state index is 11.1. The second kappa shape index (κ2) is 8.08. The van der Waals surface area contributed by atoms with E-state index in [9.17, 15) is 9.59 Å². The van der Waals surface area contributed by atoms with Crippen molar-refractivity contribution in [3.63, 3.8) is 0 Å². The van der Waals surface area contributed by atoms with Crippen molar-refractivity contribution in [2.75, 3.05) is 39.3 Å². The minimum Gasteiger partial charge on any atom is -0.481 e. The molecule has 0 radical (unpaired) electrons. The van der Waals surface area contributed by atoms with Crippen molar-refractivity contribution in [3.05, 3.63) is 0 Å². The number of aliphatic carboxylic acids is 1. The van der Waals surface area contributed by atoms with Gasteiger partial charge in [0.2, 0.25) is 5.91 Å². The van der Waals surface area contributed by atoms with Crippen LogP contribution in [0.15, 0.2) is 0 Å². The van der Waals surface area contributed by atoms with Gasteiger partial charge < -0.3 is 20.8 Å². The molecule has 7 nitrogen and oxygen atoms in total. The molecule has 0 aromatic rings. The molecule has 19 heavy (non-hydrogen) atoms. The average Bonchev–Trinajstić information content (AvgIpc) is 2.35. The summed E-state index contributed by atoms with van der Waals surface area (Å²) >= 11 is 0. The number of hydrogen-bond acceptors (Lipinski definition) is 5. The summed E-state index contributed by atoms with van der Waals surface area (Å²) in [5.74, 6) is -1.27. The predicted molar refractivity (Wildman–Crippen MR) is 69.7 cm³/mol. The summed E-state index contributed by atoms with van der Waals surface area (Å²) in [5.41, 5.74) is 0. The zero-order valence-electron chi connectivity index (χ0n) is 11.3. The van der Waals surface area contributed by atoms with Gasteiger partial charge in [-0.25, -0.2) is 0 Å². The summed E-state index contributed by atoms with van der Waals surface area (Å²) < 4.78 is 0.